The second-order valence-corrected chi connectivity index (χ2v) is 6.59. The highest BCUT2D eigenvalue weighted by molar-refractivity contribution is 7.21. The predicted octanol–water partition coefficient (Wildman–Crippen LogP) is 2.53. The summed E-state index contributed by atoms with van der Waals surface area (Å²) in [5.74, 6) is -1.38. The van der Waals surface area contributed by atoms with E-state index in [4.69, 9.17) is 11.6 Å². The lowest BCUT2D eigenvalue weighted by Crippen LogP contribution is -2.22. The van der Waals surface area contributed by atoms with Crippen LogP contribution in [0.2, 0.25) is 5.02 Å². The zero-order valence-electron chi connectivity index (χ0n) is 12.5. The first-order valence-corrected chi connectivity index (χ1v) is 8.44. The lowest BCUT2D eigenvalue weighted by atomic mass is 10.2. The first-order chi connectivity index (χ1) is 11.5. The van der Waals surface area contributed by atoms with Crippen molar-refractivity contribution in [2.45, 2.75) is 19.4 Å². The highest BCUT2D eigenvalue weighted by atomic mass is 35.5. The molecule has 2 heterocycles. The molecule has 6 nitrogen and oxygen atoms in total. The molecule has 0 aliphatic heterocycles. The number of fused-ring (bicyclic) bond motifs is 1. The maximum Gasteiger partial charge on any atom is 0.267 e. The van der Waals surface area contributed by atoms with E-state index in [9.17, 15) is 14.7 Å². The quantitative estimate of drug-likeness (QED) is 0.730. The number of carboxylic acid groups (broad SMARTS) is 1. The molecule has 2 aromatic heterocycles. The molecular formula is C16H13ClN3O3S-. The molecule has 1 amide bonds. The third-order valence-corrected chi connectivity index (χ3v) is 5.07. The van der Waals surface area contributed by atoms with Crippen LogP contribution in [0.25, 0.3) is 10.1 Å². The minimum absolute atomic E-state index is 0.0288. The van der Waals surface area contributed by atoms with E-state index in [0.717, 1.165) is 10.1 Å². The van der Waals surface area contributed by atoms with Crippen molar-refractivity contribution < 1.29 is 14.7 Å². The van der Waals surface area contributed by atoms with Gasteiger partial charge in [0, 0.05) is 28.8 Å². The Hall–Kier alpha value is -2.38. The van der Waals surface area contributed by atoms with Gasteiger partial charge in [-0.1, -0.05) is 29.8 Å². The van der Waals surface area contributed by atoms with Crippen molar-refractivity contribution in [2.24, 2.45) is 0 Å². The van der Waals surface area contributed by atoms with E-state index in [-0.39, 0.29) is 12.3 Å². The molecule has 0 saturated carbocycles. The van der Waals surface area contributed by atoms with Crippen molar-refractivity contribution in [3.63, 3.8) is 0 Å². The Balaban J connectivity index is 1.69. The highest BCUT2D eigenvalue weighted by Crippen LogP contribution is 2.35. The molecule has 0 unspecified atom stereocenters. The zero-order chi connectivity index (χ0) is 17.1. The number of rotatable bonds is 6. The maximum absolute atomic E-state index is 12.4. The van der Waals surface area contributed by atoms with E-state index in [1.807, 2.05) is 24.3 Å². The van der Waals surface area contributed by atoms with E-state index in [0.29, 0.717) is 28.6 Å². The number of nitrogens with zero attached hydrogens (tertiary/aromatic N) is 2. The second kappa shape index (κ2) is 7.02. The summed E-state index contributed by atoms with van der Waals surface area (Å²) in [5, 5.41) is 18.5. The summed E-state index contributed by atoms with van der Waals surface area (Å²) in [4.78, 5) is 23.2. The van der Waals surface area contributed by atoms with E-state index in [1.54, 1.807) is 10.9 Å². The van der Waals surface area contributed by atoms with Crippen molar-refractivity contribution in [3.05, 3.63) is 46.6 Å². The number of carbonyl (C=O) groups excluding carboxylic acids is 2. The molecule has 124 valence electrons. The number of nitrogens with one attached hydrogen (secondary N) is 1. The predicted molar refractivity (Wildman–Crippen MR) is 91.3 cm³/mol. The van der Waals surface area contributed by atoms with Crippen LogP contribution in [0.5, 0.6) is 0 Å². The lowest BCUT2D eigenvalue weighted by Gasteiger charge is -2.02. The standard InChI is InChI=1S/C16H14ClN3O3S/c17-14-11-4-1-2-5-12(11)24-15(14)16(23)19-10-8-18-20(9-10)7-3-6-13(21)22/h1-2,4-5,8-9H,3,6-7H2,(H,19,23)(H,21,22)/p-1. The fourth-order valence-corrected chi connectivity index (χ4v) is 3.70. The Morgan fingerprint density at radius 3 is 2.88 bits per heavy atom. The molecule has 0 atom stereocenters. The van der Waals surface area contributed by atoms with Gasteiger partial charge in [-0.05, 0) is 18.9 Å². The number of anilines is 1. The largest absolute Gasteiger partial charge is 0.550 e. The molecule has 1 N–H and O–H groups in total. The summed E-state index contributed by atoms with van der Waals surface area (Å²) < 4.78 is 2.52. The smallest absolute Gasteiger partial charge is 0.267 e. The van der Waals surface area contributed by atoms with Crippen molar-refractivity contribution in [1.29, 1.82) is 0 Å². The minimum atomic E-state index is -1.09. The van der Waals surface area contributed by atoms with Crippen molar-refractivity contribution in [1.82, 2.24) is 9.78 Å². The molecular weight excluding hydrogens is 350 g/mol. The van der Waals surface area contributed by atoms with Crippen LogP contribution in [0.3, 0.4) is 0 Å². The molecule has 0 radical (unpaired) electrons. The Morgan fingerprint density at radius 2 is 2.12 bits per heavy atom. The van der Waals surface area contributed by atoms with Gasteiger partial charge < -0.3 is 15.2 Å². The summed E-state index contributed by atoms with van der Waals surface area (Å²) in [5.41, 5.74) is 0.530. The molecule has 0 saturated heterocycles. The maximum atomic E-state index is 12.4. The molecule has 0 aliphatic rings. The molecule has 0 spiro atoms. The van der Waals surface area contributed by atoms with E-state index in [1.165, 1.54) is 17.5 Å². The number of aryl methyl sites for hydroxylation is 1. The van der Waals surface area contributed by atoms with Crippen molar-refractivity contribution in [2.75, 3.05) is 5.32 Å². The SMILES string of the molecule is O=C([O-])CCCn1cc(NC(=O)c2sc3ccccc3c2Cl)cn1. The second-order valence-electron chi connectivity index (χ2n) is 5.16. The third-order valence-electron chi connectivity index (χ3n) is 3.40. The monoisotopic (exact) mass is 362 g/mol. The lowest BCUT2D eigenvalue weighted by molar-refractivity contribution is -0.305. The van der Waals surface area contributed by atoms with Crippen LogP contribution >= 0.6 is 22.9 Å². The van der Waals surface area contributed by atoms with Crippen molar-refractivity contribution >= 4 is 50.6 Å². The van der Waals surface area contributed by atoms with Gasteiger partial charge in [0.15, 0.2) is 0 Å². The Labute approximate surface area is 146 Å². The number of hydrogen-bond donors (Lipinski definition) is 1. The highest BCUT2D eigenvalue weighted by Gasteiger charge is 2.17. The van der Waals surface area contributed by atoms with Gasteiger partial charge >= 0.3 is 0 Å². The fourth-order valence-electron chi connectivity index (χ4n) is 2.28. The zero-order valence-corrected chi connectivity index (χ0v) is 14.1. The summed E-state index contributed by atoms with van der Waals surface area (Å²) in [6.07, 6.45) is 3.55. The van der Waals surface area contributed by atoms with Gasteiger partial charge in [-0.15, -0.1) is 11.3 Å². The van der Waals surface area contributed by atoms with Crippen molar-refractivity contribution in [3.8, 4) is 0 Å². The van der Waals surface area contributed by atoms with Crippen LogP contribution in [0.1, 0.15) is 22.5 Å². The third kappa shape index (κ3) is 3.58. The summed E-state index contributed by atoms with van der Waals surface area (Å²) in [6, 6.07) is 7.56. The molecule has 0 aliphatic carbocycles. The van der Waals surface area contributed by atoms with Gasteiger partial charge in [0.2, 0.25) is 0 Å². The summed E-state index contributed by atoms with van der Waals surface area (Å²) >= 11 is 7.62. The Morgan fingerprint density at radius 1 is 1.33 bits per heavy atom. The van der Waals surface area contributed by atoms with Crippen LogP contribution < -0.4 is 10.4 Å². The van der Waals surface area contributed by atoms with E-state index < -0.39 is 5.97 Å². The average molecular weight is 363 g/mol. The number of aliphatic carboxylic acids is 1. The Bertz CT molecular complexity index is 903. The molecule has 24 heavy (non-hydrogen) atoms. The number of carbonyl (C=O) groups is 2. The average Bonchev–Trinajstić information content (AvgIpc) is 3.12. The number of benzene rings is 1. The van der Waals surface area contributed by atoms with Gasteiger partial charge in [-0.3, -0.25) is 9.48 Å². The fraction of sp³-hybridized carbons (Fsp3) is 0.188. The number of hydrogen-bond acceptors (Lipinski definition) is 5. The summed E-state index contributed by atoms with van der Waals surface area (Å²) in [7, 11) is 0. The first-order valence-electron chi connectivity index (χ1n) is 7.25. The van der Waals surface area contributed by atoms with Crippen LogP contribution in [-0.2, 0) is 11.3 Å². The molecule has 0 fully saturated rings. The van der Waals surface area contributed by atoms with Gasteiger partial charge in [0.05, 0.1) is 16.9 Å². The summed E-state index contributed by atoms with van der Waals surface area (Å²) in [6.45, 7) is 0.438. The number of thiophene rings is 1. The Kier molecular flexibility index (Phi) is 4.82. The van der Waals surface area contributed by atoms with E-state index in [2.05, 4.69) is 10.4 Å². The number of aromatic nitrogens is 2. The normalized spacial score (nSPS) is 10.9. The van der Waals surface area contributed by atoms with Gasteiger partial charge in [-0.25, -0.2) is 0 Å². The number of carboxylic acids is 1. The van der Waals surface area contributed by atoms with E-state index >= 15 is 0 Å². The first kappa shape index (κ1) is 16.5. The van der Waals surface area contributed by atoms with Crippen LogP contribution in [0.4, 0.5) is 5.69 Å². The molecule has 3 aromatic rings. The van der Waals surface area contributed by atoms with Crippen LogP contribution in [0, 0.1) is 0 Å². The van der Waals surface area contributed by atoms with Crippen LogP contribution in [-0.4, -0.2) is 21.7 Å². The van der Waals surface area contributed by atoms with Gasteiger partial charge in [0.25, 0.3) is 5.91 Å². The van der Waals surface area contributed by atoms with Gasteiger partial charge in [-0.2, -0.15) is 5.10 Å². The topological polar surface area (TPSA) is 87.0 Å². The van der Waals surface area contributed by atoms with Crippen LogP contribution in [0.15, 0.2) is 36.7 Å². The molecule has 3 rings (SSSR count). The van der Waals surface area contributed by atoms with Gasteiger partial charge in [0.1, 0.15) is 4.88 Å². The molecule has 1 aromatic carbocycles. The number of halogens is 1. The molecule has 0 bridgehead atoms. The minimum Gasteiger partial charge on any atom is -0.550 e. The molecule has 8 heteroatoms. The number of amides is 1.